The highest BCUT2D eigenvalue weighted by Gasteiger charge is 2.11. The van der Waals surface area contributed by atoms with Crippen molar-refractivity contribution in [3.05, 3.63) is 42.0 Å². The molecule has 0 amide bonds. The molecule has 0 heterocycles. The summed E-state index contributed by atoms with van der Waals surface area (Å²) in [7, 11) is 0. The van der Waals surface area contributed by atoms with Gasteiger partial charge in [0.05, 0.1) is 0 Å². The van der Waals surface area contributed by atoms with Crippen LogP contribution >= 0.6 is 12.4 Å². The number of nitrogens with two attached hydrogens (primary N) is 1. The molecule has 0 fully saturated rings. The Hall–Kier alpha value is -1.25. The second kappa shape index (κ2) is 7.37. The topological polar surface area (TPSA) is 46.2 Å². The number of phenolic OH excluding ortho intramolecular Hbond substituents is 1. The van der Waals surface area contributed by atoms with Gasteiger partial charge in [0.25, 0.3) is 0 Å². The molecule has 2 rings (SSSR count). The second-order valence-corrected chi connectivity index (χ2v) is 4.82. The molecule has 0 aliphatic rings. The van der Waals surface area contributed by atoms with Gasteiger partial charge in [0.2, 0.25) is 0 Å². The van der Waals surface area contributed by atoms with Crippen LogP contribution in [-0.2, 0) is 0 Å². The SMILES string of the molecule is CCCCC[C@H](N)c1ccc(O)c2ccccc12.Cl. The summed E-state index contributed by atoms with van der Waals surface area (Å²) in [5.41, 5.74) is 7.41. The Morgan fingerprint density at radius 3 is 2.42 bits per heavy atom. The fourth-order valence-corrected chi connectivity index (χ4v) is 2.40. The van der Waals surface area contributed by atoms with Crippen molar-refractivity contribution < 1.29 is 5.11 Å². The Morgan fingerprint density at radius 1 is 1.05 bits per heavy atom. The Labute approximate surface area is 121 Å². The third-order valence-corrected chi connectivity index (χ3v) is 3.45. The maximum Gasteiger partial charge on any atom is 0.123 e. The molecule has 2 aromatic carbocycles. The van der Waals surface area contributed by atoms with Gasteiger partial charge in [-0.15, -0.1) is 12.4 Å². The van der Waals surface area contributed by atoms with Crippen molar-refractivity contribution in [3.8, 4) is 5.75 Å². The van der Waals surface area contributed by atoms with E-state index in [1.54, 1.807) is 6.07 Å². The van der Waals surface area contributed by atoms with E-state index in [0.29, 0.717) is 5.75 Å². The van der Waals surface area contributed by atoms with Crippen LogP contribution in [0.5, 0.6) is 5.75 Å². The van der Waals surface area contributed by atoms with E-state index >= 15 is 0 Å². The van der Waals surface area contributed by atoms with E-state index in [1.807, 2.05) is 30.3 Å². The van der Waals surface area contributed by atoms with Gasteiger partial charge in [-0.25, -0.2) is 0 Å². The summed E-state index contributed by atoms with van der Waals surface area (Å²) < 4.78 is 0. The average Bonchev–Trinajstić information content (AvgIpc) is 2.39. The number of rotatable bonds is 5. The number of unbranched alkanes of at least 4 members (excludes halogenated alkanes) is 2. The number of halogens is 1. The molecule has 19 heavy (non-hydrogen) atoms. The molecular formula is C16H22ClNO. The van der Waals surface area contributed by atoms with Crippen LogP contribution in [0.2, 0.25) is 0 Å². The highest BCUT2D eigenvalue weighted by molar-refractivity contribution is 5.91. The van der Waals surface area contributed by atoms with Gasteiger partial charge in [-0.3, -0.25) is 0 Å². The molecule has 0 bridgehead atoms. The molecule has 0 unspecified atom stereocenters. The van der Waals surface area contributed by atoms with Crippen LogP contribution < -0.4 is 5.73 Å². The standard InChI is InChI=1S/C16H21NO.ClH/c1-2-3-4-9-15(17)13-10-11-16(18)14-8-6-5-7-12(13)14;/h5-8,10-11,15,18H,2-4,9,17H2,1H3;1H/t15-;/m0./s1. The first kappa shape index (κ1) is 15.8. The van der Waals surface area contributed by atoms with Gasteiger partial charge in [0, 0.05) is 11.4 Å². The summed E-state index contributed by atoms with van der Waals surface area (Å²) in [5.74, 6) is 0.329. The molecule has 0 aliphatic carbocycles. The lowest BCUT2D eigenvalue weighted by molar-refractivity contribution is 0.481. The van der Waals surface area contributed by atoms with Crippen LogP contribution in [0, 0.1) is 0 Å². The first-order valence-electron chi connectivity index (χ1n) is 6.70. The maximum absolute atomic E-state index is 9.85. The quantitative estimate of drug-likeness (QED) is 0.789. The van der Waals surface area contributed by atoms with E-state index in [4.69, 9.17) is 5.73 Å². The van der Waals surface area contributed by atoms with Crippen LogP contribution in [0.4, 0.5) is 0 Å². The molecule has 0 saturated carbocycles. The van der Waals surface area contributed by atoms with Crippen LogP contribution in [0.3, 0.4) is 0 Å². The number of hydrogen-bond donors (Lipinski definition) is 2. The first-order valence-corrected chi connectivity index (χ1v) is 6.70. The van der Waals surface area contributed by atoms with E-state index in [0.717, 1.165) is 29.2 Å². The normalized spacial score (nSPS) is 12.1. The van der Waals surface area contributed by atoms with Gasteiger partial charge >= 0.3 is 0 Å². The predicted molar refractivity (Wildman–Crippen MR) is 83.9 cm³/mol. The smallest absolute Gasteiger partial charge is 0.123 e. The number of phenols is 1. The van der Waals surface area contributed by atoms with Crippen molar-refractivity contribution in [2.45, 2.75) is 38.6 Å². The molecule has 2 aromatic rings. The number of hydrogen-bond acceptors (Lipinski definition) is 2. The van der Waals surface area contributed by atoms with Gasteiger partial charge < -0.3 is 10.8 Å². The Morgan fingerprint density at radius 2 is 1.74 bits per heavy atom. The van der Waals surface area contributed by atoms with E-state index in [1.165, 1.54) is 12.8 Å². The van der Waals surface area contributed by atoms with Crippen molar-refractivity contribution in [1.29, 1.82) is 0 Å². The zero-order valence-corrected chi connectivity index (χ0v) is 12.1. The minimum atomic E-state index is 0. The zero-order chi connectivity index (χ0) is 13.0. The summed E-state index contributed by atoms with van der Waals surface area (Å²) in [5, 5.41) is 11.8. The lowest BCUT2D eigenvalue weighted by Crippen LogP contribution is -2.10. The Kier molecular flexibility index (Phi) is 6.13. The van der Waals surface area contributed by atoms with Gasteiger partial charge in [-0.1, -0.05) is 56.5 Å². The fraction of sp³-hybridized carbons (Fsp3) is 0.375. The molecule has 2 nitrogen and oxygen atoms in total. The van der Waals surface area contributed by atoms with Crippen molar-refractivity contribution in [3.63, 3.8) is 0 Å². The Balaban J connectivity index is 0.00000180. The van der Waals surface area contributed by atoms with Crippen molar-refractivity contribution in [2.24, 2.45) is 5.73 Å². The summed E-state index contributed by atoms with van der Waals surface area (Å²) in [4.78, 5) is 0. The lowest BCUT2D eigenvalue weighted by Gasteiger charge is -2.15. The predicted octanol–water partition coefficient (Wildman–Crippen LogP) is 4.55. The minimum absolute atomic E-state index is 0. The van der Waals surface area contributed by atoms with Gasteiger partial charge in [0.1, 0.15) is 5.75 Å². The van der Waals surface area contributed by atoms with Crippen LogP contribution in [0.25, 0.3) is 10.8 Å². The molecule has 0 saturated heterocycles. The Bertz CT molecular complexity index is 527. The molecule has 104 valence electrons. The summed E-state index contributed by atoms with van der Waals surface area (Å²) >= 11 is 0. The number of benzene rings is 2. The summed E-state index contributed by atoms with van der Waals surface area (Å²) in [6.07, 6.45) is 4.60. The monoisotopic (exact) mass is 279 g/mol. The van der Waals surface area contributed by atoms with Crippen LogP contribution in [-0.4, -0.2) is 5.11 Å². The first-order chi connectivity index (χ1) is 8.74. The molecule has 0 aliphatic heterocycles. The molecule has 0 radical (unpaired) electrons. The molecule has 0 spiro atoms. The van der Waals surface area contributed by atoms with Crippen LogP contribution in [0.1, 0.15) is 44.2 Å². The highest BCUT2D eigenvalue weighted by Crippen LogP contribution is 2.31. The van der Waals surface area contributed by atoms with Crippen molar-refractivity contribution >= 4 is 23.2 Å². The van der Waals surface area contributed by atoms with Gasteiger partial charge in [-0.05, 0) is 23.4 Å². The molecule has 0 aromatic heterocycles. The van der Waals surface area contributed by atoms with Crippen molar-refractivity contribution in [1.82, 2.24) is 0 Å². The number of fused-ring (bicyclic) bond motifs is 1. The average molecular weight is 280 g/mol. The zero-order valence-electron chi connectivity index (χ0n) is 11.3. The van der Waals surface area contributed by atoms with E-state index in [-0.39, 0.29) is 18.4 Å². The maximum atomic E-state index is 9.85. The third-order valence-electron chi connectivity index (χ3n) is 3.45. The summed E-state index contributed by atoms with van der Waals surface area (Å²) in [6.45, 7) is 2.20. The van der Waals surface area contributed by atoms with E-state index < -0.39 is 0 Å². The summed E-state index contributed by atoms with van der Waals surface area (Å²) in [6, 6.07) is 11.7. The van der Waals surface area contributed by atoms with Crippen LogP contribution in [0.15, 0.2) is 36.4 Å². The van der Waals surface area contributed by atoms with Crippen molar-refractivity contribution in [2.75, 3.05) is 0 Å². The van der Waals surface area contributed by atoms with E-state index in [2.05, 4.69) is 6.92 Å². The molecular weight excluding hydrogens is 258 g/mol. The largest absolute Gasteiger partial charge is 0.507 e. The second-order valence-electron chi connectivity index (χ2n) is 4.82. The molecule has 1 atom stereocenters. The minimum Gasteiger partial charge on any atom is -0.507 e. The fourth-order valence-electron chi connectivity index (χ4n) is 2.40. The highest BCUT2D eigenvalue weighted by atomic mass is 35.5. The number of aromatic hydroxyl groups is 1. The van der Waals surface area contributed by atoms with E-state index in [9.17, 15) is 5.11 Å². The van der Waals surface area contributed by atoms with Gasteiger partial charge in [0.15, 0.2) is 0 Å². The molecule has 3 N–H and O–H groups in total. The lowest BCUT2D eigenvalue weighted by atomic mass is 9.95. The third kappa shape index (κ3) is 3.62. The van der Waals surface area contributed by atoms with Gasteiger partial charge in [-0.2, -0.15) is 0 Å². The molecule has 3 heteroatoms.